The number of rotatable bonds is 3. The second-order valence-corrected chi connectivity index (χ2v) is 7.18. The normalized spacial score (nSPS) is 16.9. The number of ketones is 1. The molecular formula is C20H21N3O5. The van der Waals surface area contributed by atoms with Gasteiger partial charge in [0.2, 0.25) is 0 Å². The Labute approximate surface area is 161 Å². The largest absolute Gasteiger partial charge is 0.482 e. The molecule has 1 aromatic carbocycles. The number of benzene rings is 1. The predicted octanol–water partition coefficient (Wildman–Crippen LogP) is 2.36. The number of carbonyl (C=O) groups excluding carboxylic acids is 3. The van der Waals surface area contributed by atoms with Gasteiger partial charge in [0, 0.05) is 24.6 Å². The summed E-state index contributed by atoms with van der Waals surface area (Å²) in [4.78, 5) is 38.9. The van der Waals surface area contributed by atoms with Crippen LogP contribution in [0.5, 0.6) is 5.75 Å². The Kier molecular flexibility index (Phi) is 4.62. The lowest BCUT2D eigenvalue weighted by Gasteiger charge is -2.31. The number of hydrogen-bond donors (Lipinski definition) is 1. The van der Waals surface area contributed by atoms with Crippen molar-refractivity contribution in [2.45, 2.75) is 26.7 Å². The molecule has 2 aliphatic heterocycles. The highest BCUT2D eigenvalue weighted by molar-refractivity contribution is 6.02. The summed E-state index contributed by atoms with van der Waals surface area (Å²) >= 11 is 0. The SMILES string of the molecule is Cc1noc(C)c1C(=O)N1CCC(C(=O)c2ccc3c(c2)NC(=O)CO3)CC1. The summed E-state index contributed by atoms with van der Waals surface area (Å²) in [5.74, 6) is 0.605. The van der Waals surface area contributed by atoms with Crippen molar-refractivity contribution in [1.82, 2.24) is 10.1 Å². The first kappa shape index (κ1) is 18.2. The van der Waals surface area contributed by atoms with Crippen molar-refractivity contribution in [2.24, 2.45) is 5.92 Å². The number of fused-ring (bicyclic) bond motifs is 1. The number of hydrogen-bond acceptors (Lipinski definition) is 6. The molecule has 0 saturated carbocycles. The fraction of sp³-hybridized carbons (Fsp3) is 0.400. The highest BCUT2D eigenvalue weighted by Gasteiger charge is 2.31. The number of likely N-dealkylation sites (tertiary alicyclic amines) is 1. The lowest BCUT2D eigenvalue weighted by Crippen LogP contribution is -2.40. The van der Waals surface area contributed by atoms with Gasteiger partial charge in [-0.25, -0.2) is 0 Å². The van der Waals surface area contributed by atoms with Gasteiger partial charge in [-0.3, -0.25) is 14.4 Å². The van der Waals surface area contributed by atoms with E-state index < -0.39 is 0 Å². The van der Waals surface area contributed by atoms with Crippen LogP contribution >= 0.6 is 0 Å². The van der Waals surface area contributed by atoms with Gasteiger partial charge in [-0.05, 0) is 44.9 Å². The molecule has 0 atom stereocenters. The molecule has 2 aromatic rings. The van der Waals surface area contributed by atoms with E-state index in [0.717, 1.165) is 0 Å². The number of piperidine rings is 1. The van der Waals surface area contributed by atoms with Crippen molar-refractivity contribution in [1.29, 1.82) is 0 Å². The number of aryl methyl sites for hydroxylation is 2. The summed E-state index contributed by atoms with van der Waals surface area (Å²) in [5, 5.41) is 6.56. The number of anilines is 1. The zero-order valence-electron chi connectivity index (χ0n) is 15.8. The summed E-state index contributed by atoms with van der Waals surface area (Å²) in [7, 11) is 0. The second kappa shape index (κ2) is 7.10. The molecule has 0 bridgehead atoms. The maximum atomic E-state index is 12.9. The van der Waals surface area contributed by atoms with Crippen LogP contribution in [0.4, 0.5) is 5.69 Å². The van der Waals surface area contributed by atoms with Crippen LogP contribution in [0.2, 0.25) is 0 Å². The van der Waals surface area contributed by atoms with E-state index in [1.54, 1.807) is 36.9 Å². The third-order valence-corrected chi connectivity index (χ3v) is 5.30. The number of aromatic nitrogens is 1. The lowest BCUT2D eigenvalue weighted by atomic mass is 9.88. The first-order valence-electron chi connectivity index (χ1n) is 9.27. The van der Waals surface area contributed by atoms with Crippen molar-refractivity contribution in [3.05, 3.63) is 40.8 Å². The number of ether oxygens (including phenoxy) is 1. The van der Waals surface area contributed by atoms with E-state index >= 15 is 0 Å². The Morgan fingerprint density at radius 3 is 2.64 bits per heavy atom. The van der Waals surface area contributed by atoms with Gasteiger partial charge in [0.15, 0.2) is 12.4 Å². The zero-order chi connectivity index (χ0) is 19.8. The molecule has 0 radical (unpaired) electrons. The number of nitrogens with one attached hydrogen (secondary N) is 1. The molecule has 0 aliphatic carbocycles. The van der Waals surface area contributed by atoms with Crippen LogP contribution in [0.25, 0.3) is 0 Å². The lowest BCUT2D eigenvalue weighted by molar-refractivity contribution is -0.118. The fourth-order valence-electron chi connectivity index (χ4n) is 3.76. The molecular weight excluding hydrogens is 362 g/mol. The predicted molar refractivity (Wildman–Crippen MR) is 99.5 cm³/mol. The van der Waals surface area contributed by atoms with Crippen LogP contribution in [0.15, 0.2) is 22.7 Å². The van der Waals surface area contributed by atoms with Gasteiger partial charge < -0.3 is 19.5 Å². The minimum atomic E-state index is -0.233. The van der Waals surface area contributed by atoms with E-state index in [-0.39, 0.29) is 30.1 Å². The Morgan fingerprint density at radius 2 is 1.96 bits per heavy atom. The molecule has 28 heavy (non-hydrogen) atoms. The number of amides is 2. The maximum Gasteiger partial charge on any atom is 0.262 e. The van der Waals surface area contributed by atoms with Crippen molar-refractivity contribution in [3.8, 4) is 5.75 Å². The van der Waals surface area contributed by atoms with E-state index in [0.29, 0.717) is 59.9 Å². The van der Waals surface area contributed by atoms with E-state index in [4.69, 9.17) is 9.26 Å². The quantitative estimate of drug-likeness (QED) is 0.817. The molecule has 0 spiro atoms. The van der Waals surface area contributed by atoms with E-state index in [9.17, 15) is 14.4 Å². The highest BCUT2D eigenvalue weighted by Crippen LogP contribution is 2.31. The molecule has 3 heterocycles. The van der Waals surface area contributed by atoms with Crippen LogP contribution in [0.3, 0.4) is 0 Å². The molecule has 146 valence electrons. The average molecular weight is 383 g/mol. The molecule has 2 amide bonds. The molecule has 1 fully saturated rings. The van der Waals surface area contributed by atoms with Crippen LogP contribution in [0.1, 0.15) is 45.0 Å². The fourth-order valence-corrected chi connectivity index (χ4v) is 3.76. The number of carbonyl (C=O) groups is 3. The van der Waals surface area contributed by atoms with Gasteiger partial charge in [0.05, 0.1) is 11.4 Å². The van der Waals surface area contributed by atoms with Gasteiger partial charge >= 0.3 is 0 Å². The zero-order valence-corrected chi connectivity index (χ0v) is 15.8. The van der Waals surface area contributed by atoms with Crippen LogP contribution in [-0.4, -0.2) is 47.4 Å². The molecule has 1 aromatic heterocycles. The van der Waals surface area contributed by atoms with Crippen molar-refractivity contribution >= 4 is 23.3 Å². The van der Waals surface area contributed by atoms with Gasteiger partial charge in [-0.15, -0.1) is 0 Å². The van der Waals surface area contributed by atoms with Crippen LogP contribution < -0.4 is 10.1 Å². The molecule has 8 heteroatoms. The van der Waals surface area contributed by atoms with E-state index in [1.807, 2.05) is 0 Å². The molecule has 1 N–H and O–H groups in total. The van der Waals surface area contributed by atoms with Crippen molar-refractivity contribution in [2.75, 3.05) is 25.0 Å². The van der Waals surface area contributed by atoms with Gasteiger partial charge in [-0.1, -0.05) is 5.16 Å². The first-order valence-corrected chi connectivity index (χ1v) is 9.27. The van der Waals surface area contributed by atoms with E-state index in [2.05, 4.69) is 10.5 Å². The summed E-state index contributed by atoms with van der Waals surface area (Å²) < 4.78 is 10.4. The summed E-state index contributed by atoms with van der Waals surface area (Å²) in [6.07, 6.45) is 1.18. The minimum absolute atomic E-state index is 0.0160. The third kappa shape index (κ3) is 3.26. The monoisotopic (exact) mass is 383 g/mol. The number of Topliss-reactive ketones (excluding diaryl/α,β-unsaturated/α-hetero) is 1. The Balaban J connectivity index is 1.42. The maximum absolute atomic E-state index is 12.9. The van der Waals surface area contributed by atoms with E-state index in [1.165, 1.54) is 0 Å². The Bertz CT molecular complexity index is 937. The third-order valence-electron chi connectivity index (χ3n) is 5.30. The molecule has 0 unspecified atom stereocenters. The molecule has 8 nitrogen and oxygen atoms in total. The molecule has 2 aliphatic rings. The summed E-state index contributed by atoms with van der Waals surface area (Å²) in [5.41, 5.74) is 2.16. The topological polar surface area (TPSA) is 102 Å². The smallest absolute Gasteiger partial charge is 0.262 e. The number of nitrogens with zero attached hydrogens (tertiary/aromatic N) is 2. The van der Waals surface area contributed by atoms with Gasteiger partial charge in [0.25, 0.3) is 11.8 Å². The summed E-state index contributed by atoms with van der Waals surface area (Å²) in [6, 6.07) is 5.09. The molecule has 4 rings (SSSR count). The Morgan fingerprint density at radius 1 is 1.21 bits per heavy atom. The highest BCUT2D eigenvalue weighted by atomic mass is 16.5. The second-order valence-electron chi connectivity index (χ2n) is 7.18. The van der Waals surface area contributed by atoms with Crippen molar-refractivity contribution < 1.29 is 23.6 Å². The van der Waals surface area contributed by atoms with Crippen LogP contribution in [0, 0.1) is 19.8 Å². The standard InChI is InChI=1S/C20H21N3O5/c1-11-18(12(2)28-22-11)20(26)23-7-5-13(6-8-23)19(25)14-3-4-16-15(9-14)21-17(24)10-27-16/h3-4,9,13H,5-8,10H2,1-2H3,(H,21,24). The summed E-state index contributed by atoms with van der Waals surface area (Å²) in [6.45, 7) is 4.47. The van der Waals surface area contributed by atoms with Crippen LogP contribution in [-0.2, 0) is 4.79 Å². The first-order chi connectivity index (χ1) is 13.4. The van der Waals surface area contributed by atoms with Crippen molar-refractivity contribution in [3.63, 3.8) is 0 Å². The molecule has 1 saturated heterocycles. The average Bonchev–Trinajstić information content (AvgIpc) is 3.04. The minimum Gasteiger partial charge on any atom is -0.482 e. The Hall–Kier alpha value is -3.16. The van der Waals surface area contributed by atoms with Gasteiger partial charge in [-0.2, -0.15) is 0 Å². The van der Waals surface area contributed by atoms with Gasteiger partial charge in [0.1, 0.15) is 17.1 Å².